The van der Waals surface area contributed by atoms with Crippen LogP contribution in [0.15, 0.2) is 81.4 Å². The number of benzene rings is 5. The Hall–Kier alpha value is -7.96. The van der Waals surface area contributed by atoms with E-state index in [-0.39, 0.29) is 127 Å². The van der Waals surface area contributed by atoms with Crippen LogP contribution in [-0.2, 0) is 43.2 Å². The van der Waals surface area contributed by atoms with Gasteiger partial charge in [-0.3, -0.25) is 48.5 Å². The highest BCUT2D eigenvalue weighted by Crippen LogP contribution is 2.47. The van der Waals surface area contributed by atoms with Gasteiger partial charge in [-0.05, 0) is 95.6 Å². The van der Waals surface area contributed by atoms with Crippen LogP contribution in [0, 0.1) is 0 Å². The molecule has 0 unspecified atom stereocenters. The summed E-state index contributed by atoms with van der Waals surface area (Å²) in [6.07, 6.45) is -23.4. The highest BCUT2D eigenvalue weighted by Gasteiger charge is 2.43. The molecule has 0 radical (unpaired) electrons. The van der Waals surface area contributed by atoms with E-state index >= 15 is 0 Å². The number of ether oxygens (including phenoxy) is 10. The predicted octanol–water partition coefficient (Wildman–Crippen LogP) is 15.5. The fraction of sp³-hybridized carbons (Fsp3) is 0.328. The van der Waals surface area contributed by atoms with Gasteiger partial charge in [0.1, 0.15) is 60.7 Å². The molecule has 2 heterocycles. The first kappa shape index (κ1) is 96.1. The van der Waals surface area contributed by atoms with Crippen molar-refractivity contribution in [2.24, 2.45) is 0 Å². The Morgan fingerprint density at radius 2 is 0.642 bits per heavy atom. The molecule has 588 valence electrons. The number of hydrogen-bond donors (Lipinski definition) is 6. The lowest BCUT2D eigenvalue weighted by Crippen LogP contribution is -2.30. The van der Waals surface area contributed by atoms with E-state index in [9.17, 15) is 109 Å². The first-order chi connectivity index (χ1) is 48.9. The number of hydrogen-bond acceptors (Lipinski definition) is 19. The number of methoxy groups -OCH3 is 10. The Bertz CT molecular complexity index is 3860. The molecule has 5 aromatic carbocycles. The fourth-order valence-corrected chi connectivity index (χ4v) is 11.1. The molecule has 0 spiro atoms. The molecule has 0 atom stereocenters. The van der Waals surface area contributed by atoms with Crippen molar-refractivity contribution in [3.63, 3.8) is 0 Å². The zero-order chi connectivity index (χ0) is 81.9. The van der Waals surface area contributed by atoms with E-state index in [2.05, 4.69) is 117 Å². The Labute approximate surface area is 647 Å². The smallest absolute Gasteiger partial charge is 0.471 e. The van der Waals surface area contributed by atoms with Crippen molar-refractivity contribution < 1.29 is 156 Å². The van der Waals surface area contributed by atoms with Crippen molar-refractivity contribution in [2.75, 3.05) is 97.7 Å². The van der Waals surface area contributed by atoms with Crippen LogP contribution in [0.25, 0.3) is 0 Å². The van der Waals surface area contributed by atoms with E-state index < -0.39 is 60.4 Å². The minimum Gasteiger partial charge on any atom is -0.497 e. The number of amides is 9. The molecular formula is C58H53Br7F15N7O19. The van der Waals surface area contributed by atoms with Crippen LogP contribution >= 0.6 is 112 Å². The van der Waals surface area contributed by atoms with Crippen LogP contribution in [0.2, 0.25) is 0 Å². The second-order valence-electron chi connectivity index (χ2n) is 18.9. The van der Waals surface area contributed by atoms with Crippen LogP contribution in [0.1, 0.15) is 25.7 Å². The maximum absolute atomic E-state index is 12.3. The summed E-state index contributed by atoms with van der Waals surface area (Å²) in [5, 5.41) is 10.8. The molecule has 7 rings (SSSR count). The molecule has 5 aromatic rings. The number of carbonyl (C=O) groups excluding carboxylic acids is 9. The van der Waals surface area contributed by atoms with Crippen LogP contribution < -0.4 is 79.3 Å². The van der Waals surface area contributed by atoms with Gasteiger partial charge in [-0.15, -0.1) is 0 Å². The van der Waals surface area contributed by atoms with E-state index in [4.69, 9.17) is 47.4 Å². The Kier molecular flexibility index (Phi) is 39.1. The van der Waals surface area contributed by atoms with Gasteiger partial charge in [0, 0.05) is 91.7 Å². The lowest BCUT2D eigenvalue weighted by Gasteiger charge is -2.16. The molecule has 0 aliphatic carbocycles. The van der Waals surface area contributed by atoms with E-state index in [1.807, 2.05) is 0 Å². The van der Waals surface area contributed by atoms with Gasteiger partial charge < -0.3 is 74.0 Å². The molecular weight excluding hydrogens is 1940 g/mol. The summed E-state index contributed by atoms with van der Waals surface area (Å²) in [6, 6.07) is 11.9. The maximum atomic E-state index is 12.3. The second-order valence-corrected chi connectivity index (χ2v) is 24.3. The Morgan fingerprint density at radius 3 is 0.943 bits per heavy atom. The average Bonchev–Trinajstić information content (AvgIpc) is 0.918. The number of carbonyl (C=O) groups is 9. The van der Waals surface area contributed by atoms with Gasteiger partial charge in [-0.1, -0.05) is 0 Å². The van der Waals surface area contributed by atoms with Gasteiger partial charge in [-0.2, -0.15) is 65.9 Å². The molecule has 6 N–H and O–H groups in total. The van der Waals surface area contributed by atoms with Gasteiger partial charge in [0.25, 0.3) is 0 Å². The van der Waals surface area contributed by atoms with Gasteiger partial charge in [-0.25, -0.2) is 3.93 Å². The van der Waals surface area contributed by atoms with Crippen molar-refractivity contribution in [3.8, 4) is 57.5 Å². The minimum absolute atomic E-state index is 0.0523. The van der Waals surface area contributed by atoms with E-state index in [0.29, 0.717) is 34.6 Å². The number of halogens is 22. The molecule has 2 saturated heterocycles. The third kappa shape index (κ3) is 30.7. The highest BCUT2D eigenvalue weighted by molar-refractivity contribution is 9.12. The topological polar surface area (TPSA) is 321 Å². The normalized spacial score (nSPS) is 12.3. The molecule has 2 aliphatic rings. The third-order valence-electron chi connectivity index (χ3n) is 11.8. The summed E-state index contributed by atoms with van der Waals surface area (Å²) in [5.41, 5.74) is -0.455. The molecule has 0 bridgehead atoms. The monoisotopic (exact) mass is 1990 g/mol. The third-order valence-corrected chi connectivity index (χ3v) is 17.3. The molecule has 48 heteroatoms. The predicted molar refractivity (Wildman–Crippen MR) is 370 cm³/mol. The minimum atomic E-state index is -4.99. The maximum Gasteiger partial charge on any atom is 0.471 e. The zero-order valence-electron chi connectivity index (χ0n) is 55.0. The zero-order valence-corrected chi connectivity index (χ0v) is 66.1. The summed E-state index contributed by atoms with van der Waals surface area (Å²) in [4.78, 5) is 95.4. The van der Waals surface area contributed by atoms with Gasteiger partial charge in [0.15, 0.2) is 5.75 Å². The molecule has 0 saturated carbocycles. The van der Waals surface area contributed by atoms with Crippen LogP contribution in [-0.4, -0.2) is 159 Å². The van der Waals surface area contributed by atoms with Crippen LogP contribution in [0.3, 0.4) is 0 Å². The van der Waals surface area contributed by atoms with Crippen LogP contribution in [0.5, 0.6) is 57.5 Å². The van der Waals surface area contributed by atoms with Crippen molar-refractivity contribution >= 4 is 193 Å². The highest BCUT2D eigenvalue weighted by atomic mass is 79.9. The lowest BCUT2D eigenvalue weighted by molar-refractivity contribution is -0.167. The number of nitrogens with zero attached hydrogens (tertiary/aromatic N) is 1. The standard InChI is InChI=1S/2C10H8Br2F3NO3.2C10H9BrF3NO3.C10H10F3NO3.C4H4BrNO2.C4H5NO2/c1-18-4-3-5(19-2)7(12)8(6(4)11)16-9(17)10(13,14)15;1-18-5-3-4(16-9(17)10(13,14)15)6(11)8(19-2)7(5)12;1-17-5-3-6(8(11)7(4-5)18-2)15-9(16)10(12,13)14;1-17-6-3-5(4-7(18-2)8(6)11)15-9(16)10(12,13)14;1-16-7-3-6(4-8(5-7)17-2)14-9(15)10(11,12)13;5-6-3(7)1-2-4(6)8;6-3-1-2-4(7)5-3/h2*3H,1-2H3,(H,16,17);2*3-4H,1-2H3,(H,15,16);3-5H,1-2H3,(H,14,15);1-2H2;1-2H2,(H,5,6,7). The molecule has 2 fully saturated rings. The first-order valence-corrected chi connectivity index (χ1v) is 32.9. The van der Waals surface area contributed by atoms with Gasteiger partial charge >= 0.3 is 60.4 Å². The SMILES string of the molecule is COc1cc(NC(=O)C(F)(F)F)c(Br)c(OC)c1.COc1cc(NC(=O)C(F)(F)F)c(Br)c(OC)c1Br.COc1cc(NC(=O)C(F)(F)F)cc(OC)c1.COc1cc(NC(=O)C(F)(F)F)cc(OC)c1Br.COc1cc(OC)c(Br)c(NC(=O)C(F)(F)F)c1Br.O=C1CCC(=O)N1.O=C1CCC(=O)N1Br. The molecule has 106 heavy (non-hydrogen) atoms. The summed E-state index contributed by atoms with van der Waals surface area (Å²) in [5.74, 6) is -8.53. The lowest BCUT2D eigenvalue weighted by atomic mass is 10.2. The van der Waals surface area contributed by atoms with Crippen molar-refractivity contribution in [3.05, 3.63) is 81.4 Å². The molecule has 0 aromatic heterocycles. The van der Waals surface area contributed by atoms with E-state index in [0.717, 1.165) is 3.93 Å². The quantitative estimate of drug-likeness (QED) is 0.0322. The van der Waals surface area contributed by atoms with Gasteiger partial charge in [0.05, 0.1) is 122 Å². The van der Waals surface area contributed by atoms with Crippen molar-refractivity contribution in [1.82, 2.24) is 9.24 Å². The van der Waals surface area contributed by atoms with Crippen molar-refractivity contribution in [1.29, 1.82) is 0 Å². The van der Waals surface area contributed by atoms with Crippen LogP contribution in [0.4, 0.5) is 94.3 Å². The van der Waals surface area contributed by atoms with Gasteiger partial charge in [0.2, 0.25) is 23.6 Å². The summed E-state index contributed by atoms with van der Waals surface area (Å²) in [6.45, 7) is 0. The Balaban J connectivity index is 0.000000630. The van der Waals surface area contributed by atoms with Crippen molar-refractivity contribution in [2.45, 2.75) is 56.6 Å². The number of anilines is 5. The summed E-state index contributed by atoms with van der Waals surface area (Å²) < 4.78 is 234. The second kappa shape index (κ2) is 43.1. The Morgan fingerprint density at radius 1 is 0.340 bits per heavy atom. The number of nitrogens with one attached hydrogen (secondary N) is 6. The number of rotatable bonds is 15. The molecule has 9 amide bonds. The van der Waals surface area contributed by atoms with E-state index in [1.165, 1.54) is 126 Å². The fourth-order valence-electron chi connectivity index (χ4n) is 6.79. The first-order valence-electron chi connectivity index (χ1n) is 27.4. The summed E-state index contributed by atoms with van der Waals surface area (Å²) >= 11 is 21.3. The summed E-state index contributed by atoms with van der Waals surface area (Å²) in [7, 11) is 13.4. The number of alkyl halides is 15. The van der Waals surface area contributed by atoms with E-state index in [1.54, 1.807) is 26.6 Å². The molecule has 2 aliphatic heterocycles. The average molecular weight is 2000 g/mol. The number of imide groups is 2. The molecule has 26 nitrogen and oxygen atoms in total. The largest absolute Gasteiger partial charge is 0.497 e.